The smallest absolute Gasteiger partial charge is 0.305 e. The molecule has 0 aromatic heterocycles. The quantitative estimate of drug-likeness (QED) is 0.820. The van der Waals surface area contributed by atoms with Crippen LogP contribution in [0.5, 0.6) is 5.75 Å². The predicted octanol–water partition coefficient (Wildman–Crippen LogP) is 2.80. The molecule has 0 aliphatic heterocycles. The topological polar surface area (TPSA) is 61.5 Å². The third kappa shape index (κ3) is 4.31. The van der Waals surface area contributed by atoms with E-state index in [1.807, 2.05) is 18.2 Å². The first-order valence-corrected chi connectivity index (χ1v) is 6.53. The maximum Gasteiger partial charge on any atom is 0.305 e. The summed E-state index contributed by atoms with van der Waals surface area (Å²) >= 11 is 3.42. The van der Waals surface area contributed by atoms with Gasteiger partial charge in [-0.2, -0.15) is 0 Å². The highest BCUT2D eigenvalue weighted by molar-refractivity contribution is 9.10. The number of hydrogen-bond donors (Lipinski definition) is 1. The Morgan fingerprint density at radius 3 is 2.72 bits per heavy atom. The Labute approximate surface area is 116 Å². The van der Waals surface area contributed by atoms with Gasteiger partial charge in [-0.05, 0) is 46.5 Å². The van der Waals surface area contributed by atoms with E-state index in [2.05, 4.69) is 20.7 Å². The molecule has 1 aromatic carbocycles. The van der Waals surface area contributed by atoms with Crippen LogP contribution in [-0.2, 0) is 9.53 Å². The van der Waals surface area contributed by atoms with Crippen molar-refractivity contribution in [2.75, 3.05) is 14.2 Å². The Balaban J connectivity index is 2.53. The van der Waals surface area contributed by atoms with Crippen molar-refractivity contribution in [1.82, 2.24) is 0 Å². The van der Waals surface area contributed by atoms with Gasteiger partial charge < -0.3 is 15.2 Å². The van der Waals surface area contributed by atoms with Gasteiger partial charge in [0.25, 0.3) is 0 Å². The first-order valence-electron chi connectivity index (χ1n) is 5.74. The van der Waals surface area contributed by atoms with Crippen molar-refractivity contribution in [2.24, 2.45) is 5.73 Å². The monoisotopic (exact) mass is 315 g/mol. The molecule has 0 radical (unpaired) electrons. The zero-order valence-corrected chi connectivity index (χ0v) is 12.2. The summed E-state index contributed by atoms with van der Waals surface area (Å²) in [6.45, 7) is 0. The van der Waals surface area contributed by atoms with Gasteiger partial charge in [0.1, 0.15) is 5.75 Å². The lowest BCUT2D eigenvalue weighted by molar-refractivity contribution is -0.140. The molecule has 0 aliphatic carbocycles. The molecule has 100 valence electrons. The summed E-state index contributed by atoms with van der Waals surface area (Å²) in [4.78, 5) is 11.0. The fourth-order valence-corrected chi connectivity index (χ4v) is 2.21. The molecule has 0 spiro atoms. The van der Waals surface area contributed by atoms with E-state index in [1.54, 1.807) is 7.11 Å². The molecule has 1 atom stereocenters. The van der Waals surface area contributed by atoms with Crippen LogP contribution in [0, 0.1) is 0 Å². The second kappa shape index (κ2) is 7.38. The van der Waals surface area contributed by atoms with Crippen molar-refractivity contribution in [3.05, 3.63) is 28.2 Å². The van der Waals surface area contributed by atoms with E-state index in [9.17, 15) is 4.79 Å². The number of benzene rings is 1. The molecule has 0 saturated heterocycles. The number of carbonyl (C=O) groups excluding carboxylic acids is 1. The van der Waals surface area contributed by atoms with Crippen LogP contribution >= 0.6 is 15.9 Å². The Morgan fingerprint density at radius 1 is 1.44 bits per heavy atom. The second-order valence-corrected chi connectivity index (χ2v) is 4.82. The van der Waals surface area contributed by atoms with E-state index >= 15 is 0 Å². The van der Waals surface area contributed by atoms with Crippen LogP contribution in [0.25, 0.3) is 0 Å². The Morgan fingerprint density at radius 2 is 2.17 bits per heavy atom. The summed E-state index contributed by atoms with van der Waals surface area (Å²) in [5.74, 6) is 0.582. The lowest BCUT2D eigenvalue weighted by Crippen LogP contribution is -2.11. The fraction of sp³-hybridized carbons (Fsp3) is 0.462. The maximum atomic E-state index is 11.0. The molecule has 0 bridgehead atoms. The lowest BCUT2D eigenvalue weighted by Gasteiger charge is -2.13. The highest BCUT2D eigenvalue weighted by Gasteiger charge is 2.10. The molecule has 2 N–H and O–H groups in total. The molecular weight excluding hydrogens is 298 g/mol. The van der Waals surface area contributed by atoms with Gasteiger partial charge in [0.05, 0.1) is 18.7 Å². The zero-order valence-electron chi connectivity index (χ0n) is 10.6. The van der Waals surface area contributed by atoms with Crippen LogP contribution in [0.4, 0.5) is 0 Å². The number of methoxy groups -OCH3 is 2. The second-order valence-electron chi connectivity index (χ2n) is 3.97. The van der Waals surface area contributed by atoms with Crippen molar-refractivity contribution in [1.29, 1.82) is 0 Å². The number of hydrogen-bond acceptors (Lipinski definition) is 4. The number of carbonyl (C=O) groups is 1. The van der Waals surface area contributed by atoms with E-state index in [1.165, 1.54) is 7.11 Å². The van der Waals surface area contributed by atoms with E-state index in [0.29, 0.717) is 6.42 Å². The van der Waals surface area contributed by atoms with Gasteiger partial charge in [-0.1, -0.05) is 6.07 Å². The summed E-state index contributed by atoms with van der Waals surface area (Å²) in [5.41, 5.74) is 7.09. The number of halogens is 1. The average molecular weight is 316 g/mol. The molecule has 18 heavy (non-hydrogen) atoms. The summed E-state index contributed by atoms with van der Waals surface area (Å²) in [7, 11) is 3.01. The molecule has 0 aliphatic rings. The van der Waals surface area contributed by atoms with Gasteiger partial charge in [-0.15, -0.1) is 0 Å². The van der Waals surface area contributed by atoms with Crippen molar-refractivity contribution >= 4 is 21.9 Å². The minimum atomic E-state index is -0.196. The lowest BCUT2D eigenvalue weighted by atomic mass is 10.0. The van der Waals surface area contributed by atoms with Crippen LogP contribution in [0.15, 0.2) is 22.7 Å². The van der Waals surface area contributed by atoms with E-state index in [4.69, 9.17) is 10.5 Å². The standard InChI is InChI=1S/C13H18BrNO3/c1-17-12-7-6-9(8-10(12)14)11(15)4-3-5-13(16)18-2/h6-8,11H,3-5,15H2,1-2H3. The molecule has 0 saturated carbocycles. The molecule has 1 unspecified atom stereocenters. The van der Waals surface area contributed by atoms with Crippen LogP contribution in [-0.4, -0.2) is 20.2 Å². The van der Waals surface area contributed by atoms with E-state index < -0.39 is 0 Å². The highest BCUT2D eigenvalue weighted by Crippen LogP contribution is 2.28. The first-order chi connectivity index (χ1) is 8.58. The fourth-order valence-electron chi connectivity index (χ4n) is 1.65. The zero-order chi connectivity index (χ0) is 13.5. The minimum Gasteiger partial charge on any atom is -0.496 e. The first kappa shape index (κ1) is 15.0. The molecule has 1 aromatic rings. The molecule has 0 heterocycles. The van der Waals surface area contributed by atoms with Gasteiger partial charge >= 0.3 is 5.97 Å². The summed E-state index contributed by atoms with van der Waals surface area (Å²) in [5, 5.41) is 0. The van der Waals surface area contributed by atoms with Crippen LogP contribution in [0.2, 0.25) is 0 Å². The van der Waals surface area contributed by atoms with Gasteiger partial charge in [-0.3, -0.25) is 4.79 Å². The summed E-state index contributed by atoms with van der Waals surface area (Å²) in [6.07, 6.45) is 1.87. The minimum absolute atomic E-state index is 0.0862. The normalized spacial score (nSPS) is 12.0. The van der Waals surface area contributed by atoms with E-state index in [-0.39, 0.29) is 12.0 Å². The van der Waals surface area contributed by atoms with Crippen molar-refractivity contribution in [3.63, 3.8) is 0 Å². The van der Waals surface area contributed by atoms with Crippen LogP contribution in [0.3, 0.4) is 0 Å². The van der Waals surface area contributed by atoms with Gasteiger partial charge in [-0.25, -0.2) is 0 Å². The van der Waals surface area contributed by atoms with Crippen LogP contribution < -0.4 is 10.5 Å². The van der Waals surface area contributed by atoms with Crippen molar-refractivity contribution in [2.45, 2.75) is 25.3 Å². The third-order valence-electron chi connectivity index (χ3n) is 2.73. The molecule has 0 amide bonds. The average Bonchev–Trinajstić information content (AvgIpc) is 2.38. The number of nitrogens with two attached hydrogens (primary N) is 1. The summed E-state index contributed by atoms with van der Waals surface area (Å²) < 4.78 is 10.6. The SMILES string of the molecule is COC(=O)CCCC(N)c1ccc(OC)c(Br)c1. The molecule has 4 nitrogen and oxygen atoms in total. The van der Waals surface area contributed by atoms with Crippen LogP contribution in [0.1, 0.15) is 30.9 Å². The largest absolute Gasteiger partial charge is 0.496 e. The van der Waals surface area contributed by atoms with Gasteiger partial charge in [0, 0.05) is 12.5 Å². The van der Waals surface area contributed by atoms with Gasteiger partial charge in [0.15, 0.2) is 0 Å². The Bertz CT molecular complexity index is 409. The van der Waals surface area contributed by atoms with E-state index in [0.717, 1.165) is 28.6 Å². The molecule has 5 heteroatoms. The van der Waals surface area contributed by atoms with Gasteiger partial charge in [0.2, 0.25) is 0 Å². The molecule has 1 rings (SSSR count). The third-order valence-corrected chi connectivity index (χ3v) is 3.35. The van der Waals surface area contributed by atoms with Crippen molar-refractivity contribution in [3.8, 4) is 5.75 Å². The highest BCUT2D eigenvalue weighted by atomic mass is 79.9. The number of rotatable bonds is 6. The maximum absolute atomic E-state index is 11.0. The summed E-state index contributed by atoms with van der Waals surface area (Å²) in [6, 6.07) is 5.67. The Kier molecular flexibility index (Phi) is 6.15. The number of ether oxygens (including phenoxy) is 2. The van der Waals surface area contributed by atoms with Crippen molar-refractivity contribution < 1.29 is 14.3 Å². The molecule has 0 fully saturated rings. The Hall–Kier alpha value is -1.07. The molecular formula is C13H18BrNO3. The predicted molar refractivity (Wildman–Crippen MR) is 73.5 cm³/mol. The number of esters is 1.